The van der Waals surface area contributed by atoms with E-state index in [1.165, 1.54) is 23.3 Å². The fraction of sp³-hybridized carbons (Fsp3) is 0.316. The summed E-state index contributed by atoms with van der Waals surface area (Å²) in [4.78, 5) is 0. The molecule has 0 bridgehead atoms. The highest BCUT2D eigenvalue weighted by molar-refractivity contribution is 5.77. The van der Waals surface area contributed by atoms with Crippen LogP contribution >= 0.6 is 0 Å². The van der Waals surface area contributed by atoms with Crippen molar-refractivity contribution < 1.29 is 13.7 Å². The maximum atomic E-state index is 13.0. The molecule has 22 heavy (non-hydrogen) atoms. The van der Waals surface area contributed by atoms with Gasteiger partial charge in [-0.15, -0.1) is 0 Å². The summed E-state index contributed by atoms with van der Waals surface area (Å²) < 4.78 is 21.0. The Kier molecular flexibility index (Phi) is 3.51. The number of nitrogens with zero attached hydrogens (tertiary/aromatic N) is 1. The number of halogens is 1. The van der Waals surface area contributed by atoms with E-state index in [0.29, 0.717) is 6.73 Å². The molecule has 0 saturated carbocycles. The van der Waals surface area contributed by atoms with Crippen molar-refractivity contribution in [2.24, 2.45) is 0 Å². The molecule has 3 rings (SSSR count). The van der Waals surface area contributed by atoms with E-state index in [-0.39, 0.29) is 11.2 Å². The van der Waals surface area contributed by atoms with Gasteiger partial charge < -0.3 is 4.74 Å². The average molecular weight is 298 g/mol. The van der Waals surface area contributed by atoms with Crippen LogP contribution in [0.4, 0.5) is 10.1 Å². The minimum absolute atomic E-state index is 0.0298. The first kappa shape index (κ1) is 14.8. The zero-order chi connectivity index (χ0) is 15.9. The van der Waals surface area contributed by atoms with Gasteiger partial charge >= 0.3 is 0 Å². The number of rotatable bonds is 1. The third-order valence-electron chi connectivity index (χ3n) is 3.85. The fourth-order valence-electron chi connectivity index (χ4n) is 2.72. The molecule has 0 saturated heterocycles. The van der Waals surface area contributed by atoms with Gasteiger partial charge in [0.2, 0.25) is 5.75 Å². The maximum Gasteiger partial charge on any atom is 0.293 e. The van der Waals surface area contributed by atoms with E-state index in [1.54, 1.807) is 12.1 Å². The second-order valence-electron chi connectivity index (χ2n) is 6.83. The Morgan fingerprint density at radius 1 is 1.14 bits per heavy atom. The second-order valence-corrected chi connectivity index (χ2v) is 6.83. The first-order chi connectivity index (χ1) is 10.3. The van der Waals surface area contributed by atoms with Crippen molar-refractivity contribution >= 4 is 11.9 Å². The lowest BCUT2D eigenvalue weighted by Gasteiger charge is -2.20. The number of ether oxygens (including phenoxy) is 1. The Bertz CT molecular complexity index is 739. The third kappa shape index (κ3) is 2.76. The van der Waals surface area contributed by atoms with E-state index < -0.39 is 0 Å². The number of benzene rings is 2. The Morgan fingerprint density at radius 3 is 2.45 bits per heavy atom. The van der Waals surface area contributed by atoms with Crippen LogP contribution in [0.5, 0.6) is 5.75 Å². The van der Waals surface area contributed by atoms with E-state index >= 15 is 0 Å². The largest absolute Gasteiger partial charge is 0.429 e. The molecular weight excluding hydrogens is 277 g/mol. The van der Waals surface area contributed by atoms with Gasteiger partial charge in [0.05, 0.1) is 0 Å². The summed E-state index contributed by atoms with van der Waals surface area (Å²) in [5, 5.41) is 0. The van der Waals surface area contributed by atoms with E-state index in [0.717, 1.165) is 17.0 Å². The molecule has 2 nitrogen and oxygen atoms in total. The van der Waals surface area contributed by atoms with Crippen molar-refractivity contribution in [2.45, 2.75) is 33.1 Å². The van der Waals surface area contributed by atoms with Gasteiger partial charge in [-0.3, -0.25) is 0 Å². The second kappa shape index (κ2) is 5.24. The van der Waals surface area contributed by atoms with Crippen molar-refractivity contribution in [2.75, 3.05) is 6.73 Å². The molecule has 0 atom stereocenters. The molecule has 0 aromatic heterocycles. The van der Waals surface area contributed by atoms with Gasteiger partial charge in [-0.05, 0) is 42.2 Å². The van der Waals surface area contributed by atoms with Crippen molar-refractivity contribution in [3.63, 3.8) is 0 Å². The highest BCUT2D eigenvalue weighted by atomic mass is 19.1. The Morgan fingerprint density at radius 2 is 1.82 bits per heavy atom. The zero-order valence-corrected chi connectivity index (χ0v) is 13.5. The van der Waals surface area contributed by atoms with Crippen LogP contribution in [-0.2, 0) is 5.41 Å². The first-order valence-electron chi connectivity index (χ1n) is 7.49. The molecule has 2 aromatic rings. The monoisotopic (exact) mass is 298 g/mol. The van der Waals surface area contributed by atoms with E-state index in [1.807, 2.05) is 6.21 Å². The Balaban J connectivity index is 2.08. The first-order valence-corrected chi connectivity index (χ1v) is 7.49. The molecule has 1 aliphatic heterocycles. The summed E-state index contributed by atoms with van der Waals surface area (Å²) in [5.74, 6) is 0.734. The Hall–Kier alpha value is -2.16. The van der Waals surface area contributed by atoms with Crippen LogP contribution in [0.25, 0.3) is 0 Å². The lowest BCUT2D eigenvalue weighted by atomic mass is 9.85. The highest BCUT2D eigenvalue weighted by Gasteiger charge is 2.32. The molecule has 0 spiro atoms. The van der Waals surface area contributed by atoms with Gasteiger partial charge in [0, 0.05) is 17.2 Å². The van der Waals surface area contributed by atoms with Crippen LogP contribution in [0.15, 0.2) is 36.4 Å². The summed E-state index contributed by atoms with van der Waals surface area (Å²) in [6.45, 7) is 9.16. The predicted octanol–water partition coefficient (Wildman–Crippen LogP) is 4.54. The summed E-state index contributed by atoms with van der Waals surface area (Å²) in [6, 6.07) is 10.8. The zero-order valence-electron chi connectivity index (χ0n) is 13.5. The van der Waals surface area contributed by atoms with Crippen molar-refractivity contribution in [1.82, 2.24) is 0 Å². The molecule has 0 unspecified atom stereocenters. The Labute approximate surface area is 130 Å². The molecule has 3 heteroatoms. The molecule has 0 radical (unpaired) electrons. The number of hydrogen-bond donors (Lipinski definition) is 0. The molecule has 114 valence electrons. The van der Waals surface area contributed by atoms with Crippen LogP contribution in [0.3, 0.4) is 0 Å². The molecule has 0 fully saturated rings. The van der Waals surface area contributed by atoms with Crippen LogP contribution in [0.1, 0.15) is 37.5 Å². The highest BCUT2D eigenvalue weighted by Crippen LogP contribution is 2.42. The van der Waals surface area contributed by atoms with Gasteiger partial charge in [-0.2, -0.15) is 4.58 Å². The van der Waals surface area contributed by atoms with Crippen molar-refractivity contribution in [1.29, 1.82) is 0 Å². The summed E-state index contributed by atoms with van der Waals surface area (Å²) in [5.41, 5.74) is 4.50. The van der Waals surface area contributed by atoms with Gasteiger partial charge in [-0.25, -0.2) is 4.39 Å². The summed E-state index contributed by atoms with van der Waals surface area (Å²) >= 11 is 0. The lowest BCUT2D eigenvalue weighted by Crippen LogP contribution is -2.12. The smallest absolute Gasteiger partial charge is 0.293 e. The minimum Gasteiger partial charge on any atom is -0.429 e. The maximum absolute atomic E-state index is 13.0. The van der Waals surface area contributed by atoms with Crippen LogP contribution in [0.2, 0.25) is 0 Å². The number of aryl methyl sites for hydroxylation is 1. The van der Waals surface area contributed by atoms with Crippen LogP contribution in [0, 0.1) is 12.7 Å². The molecular formula is C19H21FNO+. The standard InChI is InChI=1S/C19H21FNO/c1-13-9-16(19(2,3)4)18-17(10-13)21(12-22-18)11-14-5-7-15(20)8-6-14/h5-11H,12H2,1-4H3/q+1/b21-11-. The molecule has 0 N–H and O–H groups in total. The average Bonchev–Trinajstić information content (AvgIpc) is 2.82. The quantitative estimate of drug-likeness (QED) is 0.704. The fourth-order valence-corrected chi connectivity index (χ4v) is 2.72. The van der Waals surface area contributed by atoms with E-state index in [4.69, 9.17) is 4.74 Å². The van der Waals surface area contributed by atoms with E-state index in [2.05, 4.69) is 44.4 Å². The number of fused-ring (bicyclic) bond motifs is 1. The molecule has 1 heterocycles. The van der Waals surface area contributed by atoms with Crippen LogP contribution in [-0.4, -0.2) is 17.5 Å². The van der Waals surface area contributed by atoms with Gasteiger partial charge in [0.1, 0.15) is 5.82 Å². The molecule has 1 aliphatic rings. The molecule has 0 amide bonds. The van der Waals surface area contributed by atoms with Crippen molar-refractivity contribution in [3.05, 3.63) is 58.9 Å². The van der Waals surface area contributed by atoms with Gasteiger partial charge in [-0.1, -0.05) is 26.8 Å². The van der Waals surface area contributed by atoms with E-state index in [9.17, 15) is 4.39 Å². The third-order valence-corrected chi connectivity index (χ3v) is 3.85. The minimum atomic E-state index is -0.221. The molecule has 0 aliphatic carbocycles. The van der Waals surface area contributed by atoms with Gasteiger partial charge in [0.15, 0.2) is 6.21 Å². The SMILES string of the molecule is Cc1cc2c(c(C(C)(C)C)c1)OC/[N+]2=C/c1ccc(F)cc1. The topological polar surface area (TPSA) is 12.2 Å². The lowest BCUT2D eigenvalue weighted by molar-refractivity contribution is -0.452. The summed E-state index contributed by atoms with van der Waals surface area (Å²) in [7, 11) is 0. The van der Waals surface area contributed by atoms with Gasteiger partial charge in [0.25, 0.3) is 12.4 Å². The van der Waals surface area contributed by atoms with Crippen LogP contribution < -0.4 is 4.74 Å². The normalized spacial score (nSPS) is 15.8. The number of hydrogen-bond acceptors (Lipinski definition) is 1. The molecule has 2 aromatic carbocycles. The predicted molar refractivity (Wildman–Crippen MR) is 86.9 cm³/mol. The summed E-state index contributed by atoms with van der Waals surface area (Å²) in [6.07, 6.45) is 2.00. The van der Waals surface area contributed by atoms with Crippen molar-refractivity contribution in [3.8, 4) is 5.75 Å².